The van der Waals surface area contributed by atoms with Gasteiger partial charge in [0.15, 0.2) is 0 Å². The average molecular weight is 388 g/mol. The first-order valence-electron chi connectivity index (χ1n) is 9.32. The van der Waals surface area contributed by atoms with Crippen molar-refractivity contribution in [2.24, 2.45) is 0 Å². The van der Waals surface area contributed by atoms with Crippen molar-refractivity contribution in [1.82, 2.24) is 23.6 Å². The zero-order valence-electron chi connectivity index (χ0n) is 16.2. The van der Waals surface area contributed by atoms with Crippen LogP contribution in [0.4, 0.5) is 0 Å². The van der Waals surface area contributed by atoms with Crippen LogP contribution in [0.15, 0.2) is 29.2 Å². The number of para-hydroxylation sites is 2. The summed E-state index contributed by atoms with van der Waals surface area (Å²) in [6.45, 7) is 9.18. The molecule has 144 valence electrons. The van der Waals surface area contributed by atoms with Gasteiger partial charge in [-0.3, -0.25) is 4.68 Å². The van der Waals surface area contributed by atoms with E-state index in [2.05, 4.69) is 14.6 Å². The number of aryl methyl sites for hydroxylation is 3. The molecule has 0 N–H and O–H groups in total. The van der Waals surface area contributed by atoms with E-state index in [1.54, 1.807) is 15.9 Å². The van der Waals surface area contributed by atoms with Crippen molar-refractivity contribution in [3.05, 3.63) is 41.5 Å². The van der Waals surface area contributed by atoms with Gasteiger partial charge in [-0.15, -0.1) is 0 Å². The van der Waals surface area contributed by atoms with E-state index < -0.39 is 10.0 Å². The number of hydrogen-bond acceptors (Lipinski definition) is 4. The van der Waals surface area contributed by atoms with Crippen LogP contribution in [0.2, 0.25) is 0 Å². The van der Waals surface area contributed by atoms with Gasteiger partial charge in [0.05, 0.1) is 28.5 Å². The number of rotatable bonds is 4. The third kappa shape index (κ3) is 2.78. The monoisotopic (exact) mass is 387 g/mol. The Morgan fingerprint density at radius 1 is 1.19 bits per heavy atom. The minimum Gasteiger partial charge on any atom is -0.324 e. The minimum atomic E-state index is -3.56. The standard InChI is InChI=1S/C19H25N5O2S/c1-5-23-14(3)19(13(2)21-23)27(25,26)22-11-10-16(12-22)24-15(4)20-17-8-6-7-9-18(17)24/h6-9,16H,5,10-12H2,1-4H3. The van der Waals surface area contributed by atoms with Crippen LogP contribution in [0.3, 0.4) is 0 Å². The lowest BCUT2D eigenvalue weighted by molar-refractivity contribution is 0.451. The number of sulfonamides is 1. The van der Waals surface area contributed by atoms with Gasteiger partial charge in [-0.25, -0.2) is 13.4 Å². The van der Waals surface area contributed by atoms with E-state index >= 15 is 0 Å². The molecule has 3 aromatic rings. The molecule has 0 radical (unpaired) electrons. The van der Waals surface area contributed by atoms with Crippen molar-refractivity contribution >= 4 is 21.1 Å². The van der Waals surface area contributed by atoms with E-state index in [1.165, 1.54) is 0 Å². The molecule has 1 aromatic carbocycles. The van der Waals surface area contributed by atoms with E-state index in [-0.39, 0.29) is 6.04 Å². The summed E-state index contributed by atoms with van der Waals surface area (Å²) in [7, 11) is -3.56. The van der Waals surface area contributed by atoms with Crippen LogP contribution in [0.25, 0.3) is 11.0 Å². The van der Waals surface area contributed by atoms with Gasteiger partial charge in [0.2, 0.25) is 10.0 Å². The number of aromatic nitrogens is 4. The smallest absolute Gasteiger partial charge is 0.246 e. The molecule has 0 spiro atoms. The maximum Gasteiger partial charge on any atom is 0.246 e. The van der Waals surface area contributed by atoms with Gasteiger partial charge in [-0.1, -0.05) is 12.1 Å². The Bertz CT molecular complexity index is 1110. The largest absolute Gasteiger partial charge is 0.324 e. The molecule has 1 saturated heterocycles. The lowest BCUT2D eigenvalue weighted by Crippen LogP contribution is -2.30. The molecule has 27 heavy (non-hydrogen) atoms. The maximum atomic E-state index is 13.3. The Morgan fingerprint density at radius 2 is 1.93 bits per heavy atom. The van der Waals surface area contributed by atoms with Crippen LogP contribution in [-0.2, 0) is 16.6 Å². The van der Waals surface area contributed by atoms with Crippen molar-refractivity contribution in [3.8, 4) is 0 Å². The highest BCUT2D eigenvalue weighted by molar-refractivity contribution is 7.89. The van der Waals surface area contributed by atoms with Crippen LogP contribution in [0.1, 0.15) is 36.6 Å². The zero-order chi connectivity index (χ0) is 19.3. The number of benzene rings is 1. The predicted octanol–water partition coefficient (Wildman–Crippen LogP) is 2.81. The quantitative estimate of drug-likeness (QED) is 0.690. The van der Waals surface area contributed by atoms with E-state index in [0.29, 0.717) is 35.9 Å². The van der Waals surface area contributed by atoms with Crippen molar-refractivity contribution in [1.29, 1.82) is 0 Å². The predicted molar refractivity (Wildman–Crippen MR) is 104 cm³/mol. The first-order chi connectivity index (χ1) is 12.8. The summed E-state index contributed by atoms with van der Waals surface area (Å²) < 4.78 is 32.2. The second kappa shape index (κ2) is 6.45. The molecule has 3 heterocycles. The molecule has 4 rings (SSSR count). The number of hydrogen-bond donors (Lipinski definition) is 0. The van der Waals surface area contributed by atoms with Crippen LogP contribution in [0, 0.1) is 20.8 Å². The Kier molecular flexibility index (Phi) is 4.35. The Morgan fingerprint density at radius 3 is 2.63 bits per heavy atom. The van der Waals surface area contributed by atoms with E-state index in [4.69, 9.17) is 0 Å². The summed E-state index contributed by atoms with van der Waals surface area (Å²) in [6.07, 6.45) is 0.778. The van der Waals surface area contributed by atoms with Gasteiger partial charge in [0, 0.05) is 19.6 Å². The SMILES string of the molecule is CCn1nc(C)c(S(=O)(=O)N2CCC(n3c(C)nc4ccccc43)C2)c1C. The Hall–Kier alpha value is -2.19. The molecule has 8 heteroatoms. The average Bonchev–Trinajstić information content (AvgIpc) is 3.29. The molecule has 1 unspecified atom stereocenters. The van der Waals surface area contributed by atoms with Crippen LogP contribution in [-0.4, -0.2) is 45.1 Å². The fourth-order valence-corrected chi connectivity index (χ4v) is 6.12. The number of imidazole rings is 1. The summed E-state index contributed by atoms with van der Waals surface area (Å²) in [5.74, 6) is 0.923. The van der Waals surface area contributed by atoms with Crippen LogP contribution in [0.5, 0.6) is 0 Å². The second-order valence-electron chi connectivity index (χ2n) is 7.14. The third-order valence-corrected chi connectivity index (χ3v) is 7.59. The molecule has 1 fully saturated rings. The topological polar surface area (TPSA) is 73.0 Å². The molecule has 1 atom stereocenters. The van der Waals surface area contributed by atoms with Gasteiger partial charge >= 0.3 is 0 Å². The normalized spacial score (nSPS) is 18.6. The highest BCUT2D eigenvalue weighted by Crippen LogP contribution is 2.32. The molecular formula is C19H25N5O2S. The summed E-state index contributed by atoms with van der Waals surface area (Å²) in [5, 5.41) is 4.39. The van der Waals surface area contributed by atoms with Crippen LogP contribution < -0.4 is 0 Å². The van der Waals surface area contributed by atoms with Gasteiger partial charge < -0.3 is 4.57 Å². The zero-order valence-corrected chi connectivity index (χ0v) is 17.0. The van der Waals surface area contributed by atoms with Gasteiger partial charge in [-0.2, -0.15) is 9.40 Å². The molecule has 7 nitrogen and oxygen atoms in total. The van der Waals surface area contributed by atoms with Crippen molar-refractivity contribution < 1.29 is 8.42 Å². The maximum absolute atomic E-state index is 13.3. The number of nitrogens with zero attached hydrogens (tertiary/aromatic N) is 5. The first-order valence-corrected chi connectivity index (χ1v) is 10.8. The summed E-state index contributed by atoms with van der Waals surface area (Å²) in [5.41, 5.74) is 3.29. The molecule has 1 aliphatic rings. The molecule has 0 saturated carbocycles. The molecular weight excluding hydrogens is 362 g/mol. The summed E-state index contributed by atoms with van der Waals surface area (Å²) >= 11 is 0. The van der Waals surface area contributed by atoms with E-state index in [9.17, 15) is 8.42 Å². The first kappa shape index (κ1) is 18.2. The van der Waals surface area contributed by atoms with E-state index in [1.807, 2.05) is 45.0 Å². The lowest BCUT2D eigenvalue weighted by Gasteiger charge is -2.18. The van der Waals surface area contributed by atoms with Crippen LogP contribution >= 0.6 is 0 Å². The highest BCUT2D eigenvalue weighted by atomic mass is 32.2. The minimum absolute atomic E-state index is 0.0917. The number of fused-ring (bicyclic) bond motifs is 1. The fourth-order valence-electron chi connectivity index (χ4n) is 4.26. The van der Waals surface area contributed by atoms with Gasteiger partial charge in [0.25, 0.3) is 0 Å². The molecule has 0 bridgehead atoms. The molecule has 1 aliphatic heterocycles. The van der Waals surface area contributed by atoms with Crippen molar-refractivity contribution in [3.63, 3.8) is 0 Å². The Balaban J connectivity index is 1.68. The Labute approximate surface area is 159 Å². The van der Waals surface area contributed by atoms with Crippen molar-refractivity contribution in [2.75, 3.05) is 13.1 Å². The van der Waals surface area contributed by atoms with E-state index in [0.717, 1.165) is 23.3 Å². The molecule has 2 aromatic heterocycles. The third-order valence-electron chi connectivity index (χ3n) is 5.48. The van der Waals surface area contributed by atoms with Gasteiger partial charge in [-0.05, 0) is 46.2 Å². The molecule has 0 aliphatic carbocycles. The summed E-state index contributed by atoms with van der Waals surface area (Å²) in [6, 6.07) is 8.10. The highest BCUT2D eigenvalue weighted by Gasteiger charge is 2.37. The second-order valence-corrected chi connectivity index (χ2v) is 9.01. The fraction of sp³-hybridized carbons (Fsp3) is 0.474. The molecule has 0 amide bonds. The lowest BCUT2D eigenvalue weighted by atomic mass is 10.2. The summed E-state index contributed by atoms with van der Waals surface area (Å²) in [4.78, 5) is 4.99. The van der Waals surface area contributed by atoms with Gasteiger partial charge in [0.1, 0.15) is 10.7 Å². The van der Waals surface area contributed by atoms with Crippen molar-refractivity contribution in [2.45, 2.75) is 51.6 Å².